The lowest BCUT2D eigenvalue weighted by atomic mass is 10.1. The van der Waals surface area contributed by atoms with Gasteiger partial charge in [-0.3, -0.25) is 0 Å². The summed E-state index contributed by atoms with van der Waals surface area (Å²) in [5.74, 6) is 0. The van der Waals surface area contributed by atoms with Gasteiger partial charge in [0, 0.05) is 4.87 Å². The Bertz CT molecular complexity index is 73.5. The average molecular weight is 151 g/mol. The number of halogens is 1. The predicted octanol–water partition coefficient (Wildman–Crippen LogP) is 2.16. The highest BCUT2D eigenvalue weighted by Crippen LogP contribution is 2.20. The molecule has 1 unspecified atom stereocenters. The van der Waals surface area contributed by atoms with Crippen LogP contribution in [0.1, 0.15) is 33.6 Å². The van der Waals surface area contributed by atoms with Gasteiger partial charge < -0.3 is 5.11 Å². The van der Waals surface area contributed by atoms with E-state index in [2.05, 4.69) is 0 Å². The lowest BCUT2D eigenvalue weighted by molar-refractivity contribution is 0.177. The largest absolute Gasteiger partial charge is 0.393 e. The third-order valence-corrected chi connectivity index (χ3v) is 1.35. The van der Waals surface area contributed by atoms with Gasteiger partial charge in [-0.2, -0.15) is 0 Å². The Morgan fingerprint density at radius 3 is 2.11 bits per heavy atom. The van der Waals surface area contributed by atoms with Crippen LogP contribution in [-0.2, 0) is 0 Å². The minimum Gasteiger partial charge on any atom is -0.393 e. The van der Waals surface area contributed by atoms with Gasteiger partial charge in [-0.1, -0.05) is 0 Å². The summed E-state index contributed by atoms with van der Waals surface area (Å²) in [7, 11) is 0. The minimum absolute atomic E-state index is 0.156. The molecule has 0 aromatic rings. The molecule has 56 valence electrons. The molecule has 0 aromatic heterocycles. The van der Waals surface area contributed by atoms with Crippen molar-refractivity contribution in [1.29, 1.82) is 0 Å². The molecule has 0 aromatic carbocycles. The molecule has 0 saturated heterocycles. The molecule has 0 radical (unpaired) electrons. The number of hydrogen-bond donors (Lipinski definition) is 1. The summed E-state index contributed by atoms with van der Waals surface area (Å²) in [5, 5.41) is 8.86. The predicted molar refractivity (Wildman–Crippen MR) is 40.8 cm³/mol. The van der Waals surface area contributed by atoms with E-state index in [4.69, 9.17) is 16.7 Å². The van der Waals surface area contributed by atoms with E-state index < -0.39 is 0 Å². The number of alkyl halides is 1. The number of hydrogen-bond acceptors (Lipinski definition) is 1. The van der Waals surface area contributed by atoms with Crippen molar-refractivity contribution < 1.29 is 5.11 Å². The average Bonchev–Trinajstić information content (AvgIpc) is 1.59. The van der Waals surface area contributed by atoms with Gasteiger partial charge in [0.05, 0.1) is 6.10 Å². The molecule has 2 heteroatoms. The van der Waals surface area contributed by atoms with Crippen LogP contribution in [0, 0.1) is 0 Å². The zero-order chi connectivity index (χ0) is 7.49. The highest BCUT2D eigenvalue weighted by molar-refractivity contribution is 6.23. The molecular formula is C7H15ClO. The van der Waals surface area contributed by atoms with Crippen LogP contribution in [0.15, 0.2) is 0 Å². The third kappa shape index (κ3) is 8.25. The van der Waals surface area contributed by atoms with Crippen LogP contribution in [0.4, 0.5) is 0 Å². The first-order valence-corrected chi connectivity index (χ1v) is 3.66. The number of aliphatic hydroxyl groups is 1. The second kappa shape index (κ2) is 3.43. The SMILES string of the molecule is CC(O)CCC(C)(C)Cl. The van der Waals surface area contributed by atoms with Crippen molar-refractivity contribution >= 4 is 11.6 Å². The van der Waals surface area contributed by atoms with Crippen molar-refractivity contribution in [2.75, 3.05) is 0 Å². The summed E-state index contributed by atoms with van der Waals surface area (Å²) >= 11 is 5.87. The minimum atomic E-state index is -0.219. The maximum Gasteiger partial charge on any atom is 0.0512 e. The van der Waals surface area contributed by atoms with Crippen molar-refractivity contribution in [2.24, 2.45) is 0 Å². The van der Waals surface area contributed by atoms with Crippen LogP contribution < -0.4 is 0 Å². The zero-order valence-corrected chi connectivity index (χ0v) is 7.07. The first-order chi connectivity index (χ1) is 3.92. The summed E-state index contributed by atoms with van der Waals surface area (Å²) in [6.07, 6.45) is 1.44. The topological polar surface area (TPSA) is 20.2 Å². The van der Waals surface area contributed by atoms with E-state index in [-0.39, 0.29) is 11.0 Å². The molecule has 0 aliphatic carbocycles. The van der Waals surface area contributed by atoms with E-state index in [0.29, 0.717) is 0 Å². The fourth-order valence-corrected chi connectivity index (χ4v) is 0.661. The Kier molecular flexibility index (Phi) is 3.52. The maximum atomic E-state index is 8.86. The maximum absolute atomic E-state index is 8.86. The molecule has 1 atom stereocenters. The molecular weight excluding hydrogens is 136 g/mol. The normalized spacial score (nSPS) is 15.7. The molecule has 0 aliphatic heterocycles. The number of aliphatic hydroxyl groups excluding tert-OH is 1. The molecule has 0 rings (SSSR count). The van der Waals surface area contributed by atoms with Crippen molar-refractivity contribution in [2.45, 2.75) is 44.6 Å². The summed E-state index contributed by atoms with van der Waals surface area (Å²) in [4.78, 5) is -0.156. The van der Waals surface area contributed by atoms with Crippen LogP contribution >= 0.6 is 11.6 Å². The number of rotatable bonds is 3. The van der Waals surface area contributed by atoms with Gasteiger partial charge in [0.25, 0.3) is 0 Å². The Morgan fingerprint density at radius 2 is 2.00 bits per heavy atom. The smallest absolute Gasteiger partial charge is 0.0512 e. The molecule has 0 amide bonds. The fourth-order valence-electron chi connectivity index (χ4n) is 0.552. The first-order valence-electron chi connectivity index (χ1n) is 3.29. The molecule has 0 aliphatic rings. The van der Waals surface area contributed by atoms with Crippen molar-refractivity contribution in [3.63, 3.8) is 0 Å². The molecule has 0 spiro atoms. The summed E-state index contributed by atoms with van der Waals surface area (Å²) in [6, 6.07) is 0. The zero-order valence-electron chi connectivity index (χ0n) is 6.32. The van der Waals surface area contributed by atoms with E-state index in [1.165, 1.54) is 0 Å². The fraction of sp³-hybridized carbons (Fsp3) is 1.00. The van der Waals surface area contributed by atoms with E-state index in [1.807, 2.05) is 13.8 Å². The van der Waals surface area contributed by atoms with Crippen LogP contribution in [0.25, 0.3) is 0 Å². The summed E-state index contributed by atoms with van der Waals surface area (Å²) < 4.78 is 0. The molecule has 0 fully saturated rings. The Labute approximate surface area is 62.0 Å². The third-order valence-electron chi connectivity index (χ3n) is 1.16. The molecule has 0 saturated carbocycles. The summed E-state index contributed by atoms with van der Waals surface area (Å²) in [5.41, 5.74) is 0. The van der Waals surface area contributed by atoms with E-state index in [1.54, 1.807) is 6.92 Å². The van der Waals surface area contributed by atoms with Crippen LogP contribution in [0.2, 0.25) is 0 Å². The quantitative estimate of drug-likeness (QED) is 0.612. The van der Waals surface area contributed by atoms with Gasteiger partial charge in [0.15, 0.2) is 0 Å². The Balaban J connectivity index is 3.28. The van der Waals surface area contributed by atoms with Crippen molar-refractivity contribution in [3.05, 3.63) is 0 Å². The second-order valence-corrected chi connectivity index (χ2v) is 4.13. The van der Waals surface area contributed by atoms with Gasteiger partial charge in [-0.25, -0.2) is 0 Å². The van der Waals surface area contributed by atoms with Gasteiger partial charge in [-0.05, 0) is 33.6 Å². The van der Waals surface area contributed by atoms with E-state index in [9.17, 15) is 0 Å². The lowest BCUT2D eigenvalue weighted by Crippen LogP contribution is -2.13. The molecule has 0 bridgehead atoms. The van der Waals surface area contributed by atoms with Gasteiger partial charge >= 0.3 is 0 Å². The van der Waals surface area contributed by atoms with Gasteiger partial charge in [0.2, 0.25) is 0 Å². The monoisotopic (exact) mass is 150 g/mol. The lowest BCUT2D eigenvalue weighted by Gasteiger charge is -2.15. The molecule has 1 N–H and O–H groups in total. The van der Waals surface area contributed by atoms with E-state index >= 15 is 0 Å². The molecule has 0 heterocycles. The van der Waals surface area contributed by atoms with Crippen LogP contribution in [-0.4, -0.2) is 16.1 Å². The first kappa shape index (κ1) is 9.25. The Hall–Kier alpha value is 0.250. The van der Waals surface area contributed by atoms with Crippen molar-refractivity contribution in [1.82, 2.24) is 0 Å². The summed E-state index contributed by atoms with van der Waals surface area (Å²) in [6.45, 7) is 5.69. The highest BCUT2D eigenvalue weighted by atomic mass is 35.5. The molecule has 9 heavy (non-hydrogen) atoms. The van der Waals surface area contributed by atoms with Crippen LogP contribution in [0.3, 0.4) is 0 Å². The van der Waals surface area contributed by atoms with Gasteiger partial charge in [0.1, 0.15) is 0 Å². The van der Waals surface area contributed by atoms with Crippen LogP contribution in [0.5, 0.6) is 0 Å². The highest BCUT2D eigenvalue weighted by Gasteiger charge is 2.13. The van der Waals surface area contributed by atoms with Crippen molar-refractivity contribution in [3.8, 4) is 0 Å². The standard InChI is InChI=1S/C7H15ClO/c1-6(9)4-5-7(2,3)8/h6,9H,4-5H2,1-3H3. The Morgan fingerprint density at radius 1 is 1.56 bits per heavy atom. The van der Waals surface area contributed by atoms with E-state index in [0.717, 1.165) is 12.8 Å². The molecule has 1 nitrogen and oxygen atoms in total. The second-order valence-electron chi connectivity index (χ2n) is 3.11. The van der Waals surface area contributed by atoms with Gasteiger partial charge in [-0.15, -0.1) is 11.6 Å².